The molecule has 6 heteroatoms. The Morgan fingerprint density at radius 1 is 1.20 bits per heavy atom. The first-order chi connectivity index (χ1) is 12.0. The van der Waals surface area contributed by atoms with E-state index in [1.165, 1.54) is 11.3 Å². The Morgan fingerprint density at radius 3 is 2.48 bits per heavy atom. The van der Waals surface area contributed by atoms with Crippen molar-refractivity contribution in [2.75, 3.05) is 5.32 Å². The van der Waals surface area contributed by atoms with Crippen LogP contribution < -0.4 is 5.32 Å². The first-order valence-corrected chi connectivity index (χ1v) is 8.83. The molecule has 3 rings (SSSR count). The summed E-state index contributed by atoms with van der Waals surface area (Å²) in [4.78, 5) is 25.5. The van der Waals surface area contributed by atoms with Crippen LogP contribution >= 0.6 is 11.3 Å². The molecular formula is C19H19N3O2S. The Bertz CT molecular complexity index is 895. The number of benzene rings is 1. The Morgan fingerprint density at radius 2 is 1.92 bits per heavy atom. The number of aromatic nitrogens is 2. The molecule has 2 heterocycles. The number of nitrogens with one attached hydrogen (secondary N) is 1. The number of hydrogen-bond acceptors (Lipinski definition) is 4. The fourth-order valence-corrected chi connectivity index (χ4v) is 3.17. The first kappa shape index (κ1) is 17.1. The number of aryl methyl sites for hydroxylation is 1. The monoisotopic (exact) mass is 353 g/mol. The van der Waals surface area contributed by atoms with Crippen molar-refractivity contribution in [1.29, 1.82) is 0 Å². The van der Waals surface area contributed by atoms with Gasteiger partial charge in [0.15, 0.2) is 0 Å². The Balaban J connectivity index is 1.72. The maximum atomic E-state index is 12.5. The van der Waals surface area contributed by atoms with Crippen molar-refractivity contribution in [2.24, 2.45) is 7.05 Å². The molecule has 0 fully saturated rings. The molecule has 0 bridgehead atoms. The number of nitrogens with zero attached hydrogens (tertiary/aromatic N) is 2. The fourth-order valence-electron chi connectivity index (χ4n) is 2.49. The highest BCUT2D eigenvalue weighted by molar-refractivity contribution is 7.12. The quantitative estimate of drug-likeness (QED) is 0.710. The second-order valence-corrected chi connectivity index (χ2v) is 6.85. The Kier molecular flexibility index (Phi) is 4.81. The smallest absolute Gasteiger partial charge is 0.231 e. The standard InChI is InChI=1S/C19H19N3O2S/c1-12(19(24)21-16-11-20-22(3)13(16)2)14-6-8-15(9-7-14)18(23)17-5-4-10-25-17/h4-12H,1-3H3,(H,21,24). The molecule has 1 aromatic carbocycles. The van der Waals surface area contributed by atoms with Crippen LogP contribution in [0.25, 0.3) is 0 Å². The van der Waals surface area contributed by atoms with E-state index >= 15 is 0 Å². The first-order valence-electron chi connectivity index (χ1n) is 7.95. The zero-order valence-electron chi connectivity index (χ0n) is 14.3. The minimum atomic E-state index is -0.328. The van der Waals surface area contributed by atoms with Crippen molar-refractivity contribution in [3.63, 3.8) is 0 Å². The normalized spacial score (nSPS) is 12.0. The summed E-state index contributed by atoms with van der Waals surface area (Å²) in [7, 11) is 1.83. The molecular weight excluding hydrogens is 334 g/mol. The molecule has 0 saturated carbocycles. The van der Waals surface area contributed by atoms with Crippen LogP contribution in [-0.4, -0.2) is 21.5 Å². The Hall–Kier alpha value is -2.73. The van der Waals surface area contributed by atoms with Crippen molar-refractivity contribution in [3.8, 4) is 0 Å². The van der Waals surface area contributed by atoms with E-state index in [1.54, 1.807) is 23.0 Å². The fraction of sp³-hybridized carbons (Fsp3) is 0.211. The summed E-state index contributed by atoms with van der Waals surface area (Å²) in [6, 6.07) is 10.9. The second kappa shape index (κ2) is 7.03. The number of ketones is 1. The lowest BCUT2D eigenvalue weighted by Gasteiger charge is -2.13. The lowest BCUT2D eigenvalue weighted by atomic mass is 9.97. The van der Waals surface area contributed by atoms with Gasteiger partial charge < -0.3 is 5.32 Å². The summed E-state index contributed by atoms with van der Waals surface area (Å²) >= 11 is 1.42. The number of anilines is 1. The summed E-state index contributed by atoms with van der Waals surface area (Å²) in [6.45, 7) is 3.75. The van der Waals surface area contributed by atoms with Crippen molar-refractivity contribution in [3.05, 3.63) is 69.7 Å². The predicted molar refractivity (Wildman–Crippen MR) is 99.2 cm³/mol. The topological polar surface area (TPSA) is 64.0 Å². The van der Waals surface area contributed by atoms with Crippen molar-refractivity contribution in [1.82, 2.24) is 9.78 Å². The van der Waals surface area contributed by atoms with Gasteiger partial charge in [-0.3, -0.25) is 14.3 Å². The highest BCUT2D eigenvalue weighted by Gasteiger charge is 2.18. The van der Waals surface area contributed by atoms with E-state index in [0.29, 0.717) is 16.1 Å². The van der Waals surface area contributed by atoms with Gasteiger partial charge in [-0.25, -0.2) is 0 Å². The van der Waals surface area contributed by atoms with Crippen LogP contribution in [0.1, 0.15) is 39.3 Å². The molecule has 3 aromatic rings. The van der Waals surface area contributed by atoms with E-state index in [1.807, 2.05) is 50.5 Å². The summed E-state index contributed by atoms with van der Waals surface area (Å²) in [5, 5.41) is 8.91. The van der Waals surface area contributed by atoms with Gasteiger partial charge >= 0.3 is 0 Å². The van der Waals surface area contributed by atoms with E-state index in [4.69, 9.17) is 0 Å². The number of amides is 1. The van der Waals surface area contributed by atoms with Gasteiger partial charge in [0, 0.05) is 12.6 Å². The molecule has 1 atom stereocenters. The van der Waals surface area contributed by atoms with Crippen molar-refractivity contribution < 1.29 is 9.59 Å². The molecule has 0 radical (unpaired) electrons. The molecule has 1 N–H and O–H groups in total. The van der Waals surface area contributed by atoms with E-state index < -0.39 is 0 Å². The molecule has 0 aliphatic carbocycles. The summed E-state index contributed by atoms with van der Waals surface area (Å²) in [5.74, 6) is -0.427. The number of hydrogen-bond donors (Lipinski definition) is 1. The third-order valence-electron chi connectivity index (χ3n) is 4.30. The maximum Gasteiger partial charge on any atom is 0.231 e. The van der Waals surface area contributed by atoms with Crippen LogP contribution in [0.5, 0.6) is 0 Å². The molecule has 128 valence electrons. The number of rotatable bonds is 5. The van der Waals surface area contributed by atoms with Crippen LogP contribution in [-0.2, 0) is 11.8 Å². The van der Waals surface area contributed by atoms with E-state index in [2.05, 4.69) is 10.4 Å². The summed E-state index contributed by atoms with van der Waals surface area (Å²) in [5.41, 5.74) is 3.10. The number of thiophene rings is 1. The predicted octanol–water partition coefficient (Wildman–Crippen LogP) is 3.76. The van der Waals surface area contributed by atoms with Crippen molar-refractivity contribution in [2.45, 2.75) is 19.8 Å². The van der Waals surface area contributed by atoms with Gasteiger partial charge in [0.05, 0.1) is 28.4 Å². The van der Waals surface area contributed by atoms with Crippen LogP contribution in [0.15, 0.2) is 48.0 Å². The molecule has 0 aliphatic rings. The van der Waals surface area contributed by atoms with Gasteiger partial charge in [0.25, 0.3) is 0 Å². The van der Waals surface area contributed by atoms with Crippen LogP contribution in [0.4, 0.5) is 5.69 Å². The summed E-state index contributed by atoms with van der Waals surface area (Å²) < 4.78 is 1.71. The SMILES string of the molecule is Cc1c(NC(=O)C(C)c2ccc(C(=O)c3cccs3)cc2)cnn1C. The third-order valence-corrected chi connectivity index (χ3v) is 5.17. The van der Waals surface area contributed by atoms with Gasteiger partial charge in [0.2, 0.25) is 11.7 Å². The van der Waals surface area contributed by atoms with E-state index in [-0.39, 0.29) is 17.6 Å². The molecule has 0 saturated heterocycles. The van der Waals surface area contributed by atoms with Crippen LogP contribution in [0.3, 0.4) is 0 Å². The molecule has 25 heavy (non-hydrogen) atoms. The largest absolute Gasteiger partial charge is 0.323 e. The molecule has 1 unspecified atom stereocenters. The van der Waals surface area contributed by atoms with Gasteiger partial charge in [0.1, 0.15) is 0 Å². The molecule has 2 aromatic heterocycles. The van der Waals surface area contributed by atoms with E-state index in [9.17, 15) is 9.59 Å². The molecule has 5 nitrogen and oxygen atoms in total. The lowest BCUT2D eigenvalue weighted by Crippen LogP contribution is -2.19. The van der Waals surface area contributed by atoms with Crippen LogP contribution in [0, 0.1) is 6.92 Å². The number of carbonyl (C=O) groups excluding carboxylic acids is 2. The average Bonchev–Trinajstić information content (AvgIpc) is 3.27. The van der Waals surface area contributed by atoms with Gasteiger partial charge in [-0.2, -0.15) is 5.10 Å². The maximum absolute atomic E-state index is 12.5. The van der Waals surface area contributed by atoms with Crippen LogP contribution in [0.2, 0.25) is 0 Å². The van der Waals surface area contributed by atoms with Gasteiger partial charge in [-0.15, -0.1) is 11.3 Å². The third kappa shape index (κ3) is 3.53. The Labute approximate surface area is 150 Å². The second-order valence-electron chi connectivity index (χ2n) is 5.91. The minimum Gasteiger partial charge on any atom is -0.323 e. The highest BCUT2D eigenvalue weighted by Crippen LogP contribution is 2.21. The zero-order chi connectivity index (χ0) is 18.0. The van der Waals surface area contributed by atoms with E-state index in [0.717, 1.165) is 11.3 Å². The minimum absolute atomic E-state index is 0.00430. The van der Waals surface area contributed by atoms with Gasteiger partial charge in [-0.1, -0.05) is 30.3 Å². The van der Waals surface area contributed by atoms with Crippen molar-refractivity contribution >= 4 is 28.7 Å². The lowest BCUT2D eigenvalue weighted by molar-refractivity contribution is -0.117. The molecule has 0 aliphatic heterocycles. The zero-order valence-corrected chi connectivity index (χ0v) is 15.1. The molecule has 1 amide bonds. The molecule has 0 spiro atoms. The summed E-state index contributed by atoms with van der Waals surface area (Å²) in [6.07, 6.45) is 1.64. The highest BCUT2D eigenvalue weighted by atomic mass is 32.1. The number of carbonyl (C=O) groups is 2. The van der Waals surface area contributed by atoms with Gasteiger partial charge in [-0.05, 0) is 30.9 Å². The average molecular weight is 353 g/mol.